The molecule has 160 valence electrons. The van der Waals surface area contributed by atoms with Gasteiger partial charge in [0, 0.05) is 0 Å². The summed E-state index contributed by atoms with van der Waals surface area (Å²) in [5.41, 5.74) is 4.23. The van der Waals surface area contributed by atoms with E-state index < -0.39 is 5.56 Å². The van der Waals surface area contributed by atoms with Gasteiger partial charge in [0.2, 0.25) is 11.6 Å². The summed E-state index contributed by atoms with van der Waals surface area (Å²) in [5, 5.41) is 19.3. The molecule has 7 heteroatoms. The molecule has 0 saturated carbocycles. The summed E-state index contributed by atoms with van der Waals surface area (Å²) >= 11 is 5.64. The number of nitrogens with zero attached hydrogens (tertiary/aromatic N) is 4. The number of hydrogen-bond acceptors (Lipinski definition) is 5. The van der Waals surface area contributed by atoms with E-state index >= 15 is 0 Å². The number of aromatic hydroxyl groups is 1. The molecular weight excluding hydrogens is 420 g/mol. The molecule has 0 fully saturated rings. The minimum Gasteiger partial charge on any atom is -0.492 e. The van der Waals surface area contributed by atoms with Crippen molar-refractivity contribution in [2.24, 2.45) is 10.2 Å². The molecule has 0 atom stereocenters. The predicted molar refractivity (Wildman–Crippen MR) is 129 cm³/mol. The Morgan fingerprint density at radius 3 is 1.62 bits per heavy atom. The zero-order valence-corrected chi connectivity index (χ0v) is 18.8. The van der Waals surface area contributed by atoms with Crippen LogP contribution in [0.2, 0.25) is 0 Å². The molecule has 0 amide bonds. The molecular formula is C25H22N4O2S. The molecule has 0 radical (unpaired) electrons. The summed E-state index contributed by atoms with van der Waals surface area (Å²) in [4.78, 5) is 13.4. The predicted octanol–water partition coefficient (Wildman–Crippen LogP) is 6.40. The maximum atomic E-state index is 13.4. The van der Waals surface area contributed by atoms with E-state index in [2.05, 4.69) is 10.2 Å². The zero-order chi connectivity index (χ0) is 22.8. The molecule has 0 spiro atoms. The van der Waals surface area contributed by atoms with Crippen molar-refractivity contribution in [3.8, 4) is 17.3 Å². The summed E-state index contributed by atoms with van der Waals surface area (Å²) in [6.07, 6.45) is 0. The van der Waals surface area contributed by atoms with Gasteiger partial charge in [0.25, 0.3) is 5.56 Å². The first-order chi connectivity index (χ1) is 15.3. The van der Waals surface area contributed by atoms with Gasteiger partial charge < -0.3 is 5.11 Å². The van der Waals surface area contributed by atoms with Crippen LogP contribution in [0.15, 0.2) is 87.8 Å². The summed E-state index contributed by atoms with van der Waals surface area (Å²) in [6, 6.07) is 22.3. The van der Waals surface area contributed by atoms with Gasteiger partial charge in [-0.2, -0.15) is 5.11 Å². The van der Waals surface area contributed by atoms with E-state index in [1.165, 1.54) is 9.13 Å². The fourth-order valence-electron chi connectivity index (χ4n) is 3.24. The number of azo groups is 1. The van der Waals surface area contributed by atoms with Crippen LogP contribution in [0.3, 0.4) is 0 Å². The highest BCUT2D eigenvalue weighted by atomic mass is 32.1. The summed E-state index contributed by atoms with van der Waals surface area (Å²) in [7, 11) is 0. The van der Waals surface area contributed by atoms with Crippen molar-refractivity contribution in [3.05, 3.63) is 105 Å². The first-order valence-corrected chi connectivity index (χ1v) is 10.5. The van der Waals surface area contributed by atoms with Crippen LogP contribution in [0.1, 0.15) is 16.7 Å². The third-order valence-corrected chi connectivity index (χ3v) is 5.46. The fraction of sp³-hybridized carbons (Fsp3) is 0.120. The van der Waals surface area contributed by atoms with Crippen LogP contribution in [-0.4, -0.2) is 14.2 Å². The summed E-state index contributed by atoms with van der Waals surface area (Å²) < 4.78 is 2.92. The van der Waals surface area contributed by atoms with Crippen LogP contribution in [0, 0.1) is 25.5 Å². The molecule has 1 N–H and O–H groups in total. The van der Waals surface area contributed by atoms with E-state index in [1.54, 1.807) is 12.1 Å². The first kappa shape index (κ1) is 21.4. The molecule has 4 aromatic rings. The molecule has 1 aromatic heterocycles. The van der Waals surface area contributed by atoms with Gasteiger partial charge >= 0.3 is 0 Å². The van der Waals surface area contributed by atoms with Crippen molar-refractivity contribution in [3.63, 3.8) is 0 Å². The standard InChI is InChI=1S/C25H22N4O2S/c1-16-4-10-19(11-5-16)26-27-22-23(30)28(20-12-6-17(2)7-13-20)25(32)29(24(22)31)21-14-8-18(3)9-15-21/h4-15,30H,1-3H3. The lowest BCUT2D eigenvalue weighted by Crippen LogP contribution is -2.23. The summed E-state index contributed by atoms with van der Waals surface area (Å²) in [6.45, 7) is 5.91. The van der Waals surface area contributed by atoms with Crippen LogP contribution < -0.4 is 5.56 Å². The lowest BCUT2D eigenvalue weighted by Gasteiger charge is -2.16. The van der Waals surface area contributed by atoms with Crippen LogP contribution in [0.25, 0.3) is 11.4 Å². The molecule has 0 bridgehead atoms. The zero-order valence-electron chi connectivity index (χ0n) is 18.0. The van der Waals surface area contributed by atoms with Gasteiger partial charge in [-0.05, 0) is 69.4 Å². The van der Waals surface area contributed by atoms with Crippen molar-refractivity contribution in [2.45, 2.75) is 20.8 Å². The van der Waals surface area contributed by atoms with Gasteiger partial charge in [-0.1, -0.05) is 53.1 Å². The molecule has 0 aliphatic rings. The second-order valence-electron chi connectivity index (χ2n) is 7.64. The Morgan fingerprint density at radius 1 is 0.688 bits per heavy atom. The molecule has 0 saturated heterocycles. The van der Waals surface area contributed by atoms with Crippen molar-refractivity contribution in [2.75, 3.05) is 0 Å². The highest BCUT2D eigenvalue weighted by Crippen LogP contribution is 2.29. The summed E-state index contributed by atoms with van der Waals surface area (Å²) in [5.74, 6) is -0.358. The Bertz CT molecular complexity index is 1420. The third kappa shape index (κ3) is 4.15. The molecule has 0 aliphatic carbocycles. The Morgan fingerprint density at radius 2 is 1.12 bits per heavy atom. The lowest BCUT2D eigenvalue weighted by atomic mass is 10.2. The number of aryl methyl sites for hydroxylation is 3. The topological polar surface area (TPSA) is 71.9 Å². The van der Waals surface area contributed by atoms with Crippen molar-refractivity contribution in [1.82, 2.24) is 9.13 Å². The van der Waals surface area contributed by atoms with E-state index in [1.807, 2.05) is 81.4 Å². The normalized spacial score (nSPS) is 11.2. The fourth-order valence-corrected chi connectivity index (χ4v) is 3.62. The van der Waals surface area contributed by atoms with Gasteiger partial charge in [-0.15, -0.1) is 5.11 Å². The van der Waals surface area contributed by atoms with Gasteiger partial charge in [0.05, 0.1) is 17.1 Å². The molecule has 0 aliphatic heterocycles. The highest BCUT2D eigenvalue weighted by molar-refractivity contribution is 7.71. The second-order valence-corrected chi connectivity index (χ2v) is 8.00. The van der Waals surface area contributed by atoms with Crippen LogP contribution in [-0.2, 0) is 0 Å². The minimum atomic E-state index is -0.546. The highest BCUT2D eigenvalue weighted by Gasteiger charge is 2.19. The van der Waals surface area contributed by atoms with Crippen LogP contribution in [0.4, 0.5) is 11.4 Å². The van der Waals surface area contributed by atoms with E-state index in [4.69, 9.17) is 12.2 Å². The van der Waals surface area contributed by atoms with Crippen molar-refractivity contribution < 1.29 is 5.11 Å². The van der Waals surface area contributed by atoms with E-state index in [9.17, 15) is 9.90 Å². The molecule has 3 aromatic carbocycles. The Kier molecular flexibility index (Phi) is 5.83. The average Bonchev–Trinajstić information content (AvgIpc) is 2.77. The largest absolute Gasteiger partial charge is 0.492 e. The smallest absolute Gasteiger partial charge is 0.290 e. The quantitative estimate of drug-likeness (QED) is 0.293. The Labute approximate surface area is 190 Å². The molecule has 32 heavy (non-hydrogen) atoms. The van der Waals surface area contributed by atoms with E-state index in [0.29, 0.717) is 17.1 Å². The number of aromatic nitrogens is 2. The number of benzene rings is 3. The maximum absolute atomic E-state index is 13.4. The van der Waals surface area contributed by atoms with E-state index in [0.717, 1.165) is 16.7 Å². The van der Waals surface area contributed by atoms with Gasteiger partial charge in [-0.25, -0.2) is 0 Å². The minimum absolute atomic E-state index is 0.134. The van der Waals surface area contributed by atoms with Gasteiger partial charge in [0.1, 0.15) is 0 Å². The Hall–Kier alpha value is -3.84. The molecule has 0 unspecified atom stereocenters. The number of hydrogen-bond donors (Lipinski definition) is 1. The monoisotopic (exact) mass is 442 g/mol. The SMILES string of the molecule is Cc1ccc(N=Nc2c(O)n(-c3ccc(C)cc3)c(=S)n(-c3ccc(C)cc3)c2=O)cc1. The molecule has 6 nitrogen and oxygen atoms in total. The molecule has 4 rings (SSSR count). The van der Waals surface area contributed by atoms with E-state index in [-0.39, 0.29) is 16.3 Å². The average molecular weight is 443 g/mol. The Balaban J connectivity index is 1.99. The molecule has 1 heterocycles. The van der Waals surface area contributed by atoms with Crippen LogP contribution in [0.5, 0.6) is 5.88 Å². The van der Waals surface area contributed by atoms with Gasteiger partial charge in [-0.3, -0.25) is 13.9 Å². The lowest BCUT2D eigenvalue weighted by molar-refractivity contribution is 0.432. The van der Waals surface area contributed by atoms with Crippen LogP contribution >= 0.6 is 12.2 Å². The third-order valence-electron chi connectivity index (χ3n) is 5.10. The van der Waals surface area contributed by atoms with Crippen molar-refractivity contribution in [1.29, 1.82) is 0 Å². The number of rotatable bonds is 4. The van der Waals surface area contributed by atoms with Crippen molar-refractivity contribution >= 4 is 23.6 Å². The maximum Gasteiger partial charge on any atom is 0.290 e. The first-order valence-electron chi connectivity index (χ1n) is 10.1. The second kappa shape index (κ2) is 8.72. The van der Waals surface area contributed by atoms with Gasteiger partial charge in [0.15, 0.2) is 4.77 Å².